The molecule has 0 aliphatic heterocycles. The molecule has 0 aliphatic rings. The van der Waals surface area contributed by atoms with Crippen molar-refractivity contribution in [2.24, 2.45) is 5.92 Å². The summed E-state index contributed by atoms with van der Waals surface area (Å²) in [5.74, 6) is -1.80. The number of nitriles is 1. The Morgan fingerprint density at radius 1 is 1.07 bits per heavy atom. The molecular formula is C27H34BN5O7. The van der Waals surface area contributed by atoms with Gasteiger partial charge in [-0.3, -0.25) is 19.2 Å². The van der Waals surface area contributed by atoms with Gasteiger partial charge in [0.25, 0.3) is 11.8 Å². The monoisotopic (exact) mass is 551 g/mol. The molecule has 0 aliphatic carbocycles. The van der Waals surface area contributed by atoms with Crippen LogP contribution in [0.2, 0.25) is 0 Å². The summed E-state index contributed by atoms with van der Waals surface area (Å²) in [5, 5.41) is 35.7. The molecule has 0 saturated heterocycles. The molecule has 2 atom stereocenters. The van der Waals surface area contributed by atoms with Gasteiger partial charge in [-0.15, -0.1) is 0 Å². The van der Waals surface area contributed by atoms with Crippen LogP contribution in [0.5, 0.6) is 0 Å². The van der Waals surface area contributed by atoms with Gasteiger partial charge in [0.1, 0.15) is 29.6 Å². The quantitative estimate of drug-likeness (QED) is 0.0607. The summed E-state index contributed by atoms with van der Waals surface area (Å²) in [7, 11) is -2.15. The van der Waals surface area contributed by atoms with E-state index < -0.39 is 42.9 Å². The third kappa shape index (κ3) is 11.6. The van der Waals surface area contributed by atoms with Crippen molar-refractivity contribution in [3.8, 4) is 6.07 Å². The van der Waals surface area contributed by atoms with Gasteiger partial charge >= 0.3 is 7.32 Å². The van der Waals surface area contributed by atoms with E-state index in [-0.39, 0.29) is 36.6 Å². The zero-order valence-corrected chi connectivity index (χ0v) is 22.4. The van der Waals surface area contributed by atoms with Crippen LogP contribution in [0.4, 0.5) is 0 Å². The number of H-pyrrole nitrogens is 1. The molecule has 1 aromatic heterocycles. The number of carbonyl (C=O) groups is 3. The minimum absolute atomic E-state index is 0.0203. The van der Waals surface area contributed by atoms with Gasteiger partial charge in [0.2, 0.25) is 11.5 Å². The summed E-state index contributed by atoms with van der Waals surface area (Å²) < 4.78 is 5.05. The summed E-state index contributed by atoms with van der Waals surface area (Å²) >= 11 is 0. The Morgan fingerprint density at radius 3 is 2.42 bits per heavy atom. The lowest BCUT2D eigenvalue weighted by Gasteiger charge is -2.24. The van der Waals surface area contributed by atoms with Crippen molar-refractivity contribution < 1.29 is 29.1 Å². The molecule has 212 valence electrons. The van der Waals surface area contributed by atoms with Crippen molar-refractivity contribution in [2.45, 2.75) is 51.8 Å². The fraction of sp³-hybridized carbons (Fsp3) is 0.370. The normalized spacial score (nSPS) is 12.7. The lowest BCUT2D eigenvalue weighted by Crippen LogP contribution is -2.52. The number of allylic oxidation sites excluding steroid dienone is 1. The number of rotatable bonds is 15. The largest absolute Gasteiger partial charge is 0.635 e. The summed E-state index contributed by atoms with van der Waals surface area (Å²) in [5.41, 5.74) is 0.254. The molecule has 6 N–H and O–H groups in total. The SMILES string of the molecule is CC(C)C=C(C#N)C(=O)NCCCC[C@H](NC(=O)c1cccc(=O)[nH]1)C(=O)N[C@@H](Cc1ccccc1)OB(O)O. The van der Waals surface area contributed by atoms with Crippen molar-refractivity contribution in [1.82, 2.24) is 20.9 Å². The Labute approximate surface area is 232 Å². The van der Waals surface area contributed by atoms with Crippen LogP contribution in [0.1, 0.15) is 49.2 Å². The van der Waals surface area contributed by atoms with Crippen molar-refractivity contribution in [2.75, 3.05) is 6.54 Å². The van der Waals surface area contributed by atoms with Crippen LogP contribution >= 0.6 is 0 Å². The number of pyridine rings is 1. The number of aromatic amines is 1. The van der Waals surface area contributed by atoms with E-state index in [9.17, 15) is 29.2 Å². The second-order valence-electron chi connectivity index (χ2n) is 9.29. The van der Waals surface area contributed by atoms with Gasteiger partial charge < -0.3 is 35.6 Å². The maximum Gasteiger partial charge on any atom is 0.635 e. The molecule has 40 heavy (non-hydrogen) atoms. The van der Waals surface area contributed by atoms with Gasteiger partial charge in [-0.1, -0.05) is 56.3 Å². The molecule has 0 fully saturated rings. The summed E-state index contributed by atoms with van der Waals surface area (Å²) in [4.78, 5) is 52.2. The fourth-order valence-electron chi connectivity index (χ4n) is 3.72. The molecule has 0 saturated carbocycles. The van der Waals surface area contributed by atoms with Crippen LogP contribution in [-0.2, 0) is 20.7 Å². The van der Waals surface area contributed by atoms with Gasteiger partial charge in [-0.25, -0.2) is 0 Å². The van der Waals surface area contributed by atoms with Crippen LogP contribution < -0.4 is 21.5 Å². The molecule has 0 spiro atoms. The summed E-state index contributed by atoms with van der Waals surface area (Å²) in [6, 6.07) is 13.8. The molecule has 3 amide bonds. The Kier molecular flexibility index (Phi) is 13.3. The van der Waals surface area contributed by atoms with E-state index in [1.54, 1.807) is 30.3 Å². The fourth-order valence-corrected chi connectivity index (χ4v) is 3.72. The minimum Gasteiger partial charge on any atom is -0.402 e. The molecule has 0 radical (unpaired) electrons. The first kappa shape index (κ1) is 32.0. The van der Waals surface area contributed by atoms with E-state index in [1.165, 1.54) is 18.2 Å². The maximum absolute atomic E-state index is 13.2. The number of hydrogen-bond donors (Lipinski definition) is 6. The second-order valence-corrected chi connectivity index (χ2v) is 9.29. The molecule has 13 heteroatoms. The molecular weight excluding hydrogens is 517 g/mol. The van der Waals surface area contributed by atoms with Crippen LogP contribution in [0.3, 0.4) is 0 Å². The van der Waals surface area contributed by atoms with Gasteiger partial charge in [0.15, 0.2) is 0 Å². The number of carbonyl (C=O) groups excluding carboxylic acids is 3. The molecule has 0 unspecified atom stereocenters. The highest BCUT2D eigenvalue weighted by Gasteiger charge is 2.26. The van der Waals surface area contributed by atoms with Crippen LogP contribution in [0, 0.1) is 17.2 Å². The van der Waals surface area contributed by atoms with E-state index >= 15 is 0 Å². The third-order valence-corrected chi connectivity index (χ3v) is 5.56. The molecule has 1 aromatic carbocycles. The van der Waals surface area contributed by atoms with Gasteiger partial charge in [-0.2, -0.15) is 5.26 Å². The number of nitrogens with zero attached hydrogens (tertiary/aromatic N) is 1. The van der Waals surface area contributed by atoms with Crippen molar-refractivity contribution >= 4 is 25.0 Å². The first-order valence-corrected chi connectivity index (χ1v) is 12.8. The Hall–Kier alpha value is -4.25. The highest BCUT2D eigenvalue weighted by Crippen LogP contribution is 2.08. The highest BCUT2D eigenvalue weighted by molar-refractivity contribution is 6.32. The number of aromatic nitrogens is 1. The van der Waals surface area contributed by atoms with Gasteiger partial charge in [0.05, 0.1) is 0 Å². The van der Waals surface area contributed by atoms with E-state index in [4.69, 9.17) is 9.92 Å². The molecule has 2 rings (SSSR count). The summed E-state index contributed by atoms with van der Waals surface area (Å²) in [6.07, 6.45) is 1.55. The summed E-state index contributed by atoms with van der Waals surface area (Å²) in [6.45, 7) is 3.94. The maximum atomic E-state index is 13.2. The zero-order valence-electron chi connectivity index (χ0n) is 22.4. The predicted molar refractivity (Wildman–Crippen MR) is 147 cm³/mol. The third-order valence-electron chi connectivity index (χ3n) is 5.56. The molecule has 12 nitrogen and oxygen atoms in total. The van der Waals surface area contributed by atoms with Crippen LogP contribution in [-0.4, -0.2) is 58.9 Å². The van der Waals surface area contributed by atoms with E-state index in [2.05, 4.69) is 20.9 Å². The lowest BCUT2D eigenvalue weighted by atomic mass is 10.1. The van der Waals surface area contributed by atoms with Crippen molar-refractivity contribution in [3.63, 3.8) is 0 Å². The number of nitrogens with one attached hydrogen (secondary N) is 4. The number of unbranched alkanes of at least 4 members (excludes halogenated alkanes) is 1. The van der Waals surface area contributed by atoms with Crippen molar-refractivity contribution in [1.29, 1.82) is 5.26 Å². The molecule has 2 aromatic rings. The number of hydrogen-bond acceptors (Lipinski definition) is 8. The van der Waals surface area contributed by atoms with Crippen LogP contribution in [0.25, 0.3) is 0 Å². The number of benzene rings is 1. The smallest absolute Gasteiger partial charge is 0.402 e. The van der Waals surface area contributed by atoms with E-state index in [1.807, 2.05) is 26.0 Å². The van der Waals surface area contributed by atoms with Gasteiger partial charge in [-0.05, 0) is 36.8 Å². The zero-order chi connectivity index (χ0) is 29.5. The highest BCUT2D eigenvalue weighted by atomic mass is 16.6. The lowest BCUT2D eigenvalue weighted by molar-refractivity contribution is -0.126. The average molecular weight is 551 g/mol. The predicted octanol–water partition coefficient (Wildman–Crippen LogP) is 0.537. The number of amides is 3. The minimum atomic E-state index is -2.15. The van der Waals surface area contributed by atoms with E-state index in [0.29, 0.717) is 12.8 Å². The molecule has 1 heterocycles. The molecule has 0 bridgehead atoms. The first-order chi connectivity index (χ1) is 19.1. The van der Waals surface area contributed by atoms with E-state index in [0.717, 1.165) is 5.56 Å². The second kappa shape index (κ2) is 16.7. The first-order valence-electron chi connectivity index (χ1n) is 12.8. The van der Waals surface area contributed by atoms with Gasteiger partial charge in [0, 0.05) is 19.0 Å². The Balaban J connectivity index is 2.08. The van der Waals surface area contributed by atoms with Crippen LogP contribution in [0.15, 0.2) is 65.0 Å². The van der Waals surface area contributed by atoms with Crippen molar-refractivity contribution in [3.05, 3.63) is 81.8 Å². The topological polar surface area (TPSA) is 194 Å². The Morgan fingerprint density at radius 2 is 1.80 bits per heavy atom. The average Bonchev–Trinajstić information content (AvgIpc) is 2.90. The Bertz CT molecular complexity index is 1260. The standard InChI is InChI=1S/C27H34BN5O7/c1-18(2)15-20(17-29)25(35)30-14-7-6-11-22(32-26(36)21-12-8-13-23(34)31-21)27(37)33-24(40-28(38)39)16-19-9-4-3-5-10-19/h3-5,8-10,12-13,15,18,22,24,38-39H,6-7,11,14,16H2,1-2H3,(H,30,35)(H,31,34)(H,32,36)(H,33,37)/t22-,24+/m0/s1.